The average molecular weight is 272 g/mol. The molecule has 0 fully saturated rings. The van der Waals surface area contributed by atoms with E-state index in [9.17, 15) is 9.59 Å². The number of carbonyl (C=O) groups excluding carboxylic acids is 2. The van der Waals surface area contributed by atoms with Gasteiger partial charge in [0.2, 0.25) is 11.8 Å². The third kappa shape index (κ3) is 6.00. The van der Waals surface area contributed by atoms with Gasteiger partial charge in [0, 0.05) is 25.2 Å². The van der Waals surface area contributed by atoms with Gasteiger partial charge < -0.3 is 10.6 Å². The van der Waals surface area contributed by atoms with Crippen LogP contribution in [0.1, 0.15) is 25.0 Å². The second-order valence-electron chi connectivity index (χ2n) is 4.12. The first-order chi connectivity index (χ1) is 9.65. The van der Waals surface area contributed by atoms with E-state index in [0.29, 0.717) is 13.1 Å². The smallest absolute Gasteiger partial charge is 0.243 e. The van der Waals surface area contributed by atoms with Crippen molar-refractivity contribution in [2.75, 3.05) is 13.1 Å². The van der Waals surface area contributed by atoms with Gasteiger partial charge in [0.25, 0.3) is 0 Å². The van der Waals surface area contributed by atoms with Gasteiger partial charge in [-0.05, 0) is 37.1 Å². The maximum Gasteiger partial charge on any atom is 0.243 e. The molecule has 2 amide bonds. The lowest BCUT2D eigenvalue weighted by Gasteiger charge is -1.98. The van der Waals surface area contributed by atoms with Crippen molar-refractivity contribution in [1.29, 1.82) is 0 Å². The number of carbonyl (C=O) groups is 2. The number of likely N-dealkylation sites (N-methyl/N-ethyl adjacent to an activating group) is 2. The molecule has 0 aliphatic rings. The second-order valence-corrected chi connectivity index (χ2v) is 4.12. The van der Waals surface area contributed by atoms with Gasteiger partial charge in [-0.1, -0.05) is 24.3 Å². The molecule has 0 atom stereocenters. The Morgan fingerprint density at radius 1 is 0.850 bits per heavy atom. The number of nitrogens with one attached hydrogen (secondary N) is 2. The molecule has 106 valence electrons. The van der Waals surface area contributed by atoms with Crippen LogP contribution in [0.5, 0.6) is 0 Å². The Morgan fingerprint density at radius 2 is 1.20 bits per heavy atom. The van der Waals surface area contributed by atoms with Gasteiger partial charge in [-0.15, -0.1) is 0 Å². The Bertz CT molecular complexity index is 455. The monoisotopic (exact) mass is 272 g/mol. The Hall–Kier alpha value is -2.36. The first-order valence-electron chi connectivity index (χ1n) is 6.67. The van der Waals surface area contributed by atoms with E-state index in [1.807, 2.05) is 38.1 Å². The van der Waals surface area contributed by atoms with E-state index in [-0.39, 0.29) is 11.8 Å². The zero-order valence-corrected chi connectivity index (χ0v) is 11.8. The molecule has 0 saturated carbocycles. The SMILES string of the molecule is CCNC(=O)/C=C/c1ccc(/C=C/C(=O)NCC)cc1. The van der Waals surface area contributed by atoms with Crippen LogP contribution in [0.25, 0.3) is 12.2 Å². The second kappa shape index (κ2) is 8.69. The Kier molecular flexibility index (Phi) is 6.82. The predicted molar refractivity (Wildman–Crippen MR) is 81.9 cm³/mol. The molecule has 0 spiro atoms. The molecule has 2 N–H and O–H groups in total. The van der Waals surface area contributed by atoms with Crippen molar-refractivity contribution in [2.24, 2.45) is 0 Å². The summed E-state index contributed by atoms with van der Waals surface area (Å²) in [6.07, 6.45) is 6.51. The van der Waals surface area contributed by atoms with Crippen LogP contribution in [0.3, 0.4) is 0 Å². The molecule has 0 heterocycles. The van der Waals surface area contributed by atoms with E-state index < -0.39 is 0 Å². The number of hydrogen-bond acceptors (Lipinski definition) is 2. The molecule has 1 aromatic rings. The first kappa shape index (κ1) is 15.7. The van der Waals surface area contributed by atoms with E-state index in [1.54, 1.807) is 12.2 Å². The van der Waals surface area contributed by atoms with Crippen LogP contribution < -0.4 is 10.6 Å². The van der Waals surface area contributed by atoms with Gasteiger partial charge in [-0.2, -0.15) is 0 Å². The highest BCUT2D eigenvalue weighted by molar-refractivity contribution is 5.92. The minimum absolute atomic E-state index is 0.104. The lowest BCUT2D eigenvalue weighted by Crippen LogP contribution is -2.19. The van der Waals surface area contributed by atoms with Crippen LogP contribution in [0, 0.1) is 0 Å². The maximum atomic E-state index is 11.3. The van der Waals surface area contributed by atoms with Crippen molar-refractivity contribution in [3.8, 4) is 0 Å². The maximum absolute atomic E-state index is 11.3. The van der Waals surface area contributed by atoms with Crippen LogP contribution in [0.2, 0.25) is 0 Å². The van der Waals surface area contributed by atoms with Crippen LogP contribution >= 0.6 is 0 Å². The van der Waals surface area contributed by atoms with Crippen molar-refractivity contribution < 1.29 is 9.59 Å². The molecule has 0 aliphatic heterocycles. The largest absolute Gasteiger partial charge is 0.353 e. The van der Waals surface area contributed by atoms with Gasteiger partial charge in [0.05, 0.1) is 0 Å². The zero-order valence-electron chi connectivity index (χ0n) is 11.8. The summed E-state index contributed by atoms with van der Waals surface area (Å²) < 4.78 is 0. The summed E-state index contributed by atoms with van der Waals surface area (Å²) in [7, 11) is 0. The van der Waals surface area contributed by atoms with E-state index in [4.69, 9.17) is 0 Å². The van der Waals surface area contributed by atoms with Crippen molar-refractivity contribution >= 4 is 24.0 Å². The van der Waals surface area contributed by atoms with E-state index in [1.165, 1.54) is 12.2 Å². The first-order valence-corrected chi connectivity index (χ1v) is 6.67. The molecular weight excluding hydrogens is 252 g/mol. The molecule has 0 aromatic heterocycles. The fourth-order valence-corrected chi connectivity index (χ4v) is 1.53. The lowest BCUT2D eigenvalue weighted by molar-refractivity contribution is -0.117. The summed E-state index contributed by atoms with van der Waals surface area (Å²) in [4.78, 5) is 22.5. The zero-order chi connectivity index (χ0) is 14.8. The van der Waals surface area contributed by atoms with Crippen LogP contribution in [-0.4, -0.2) is 24.9 Å². The fourth-order valence-electron chi connectivity index (χ4n) is 1.53. The fraction of sp³-hybridized carbons (Fsp3) is 0.250. The minimum Gasteiger partial charge on any atom is -0.353 e. The summed E-state index contributed by atoms with van der Waals surface area (Å²) in [5, 5.41) is 5.38. The van der Waals surface area contributed by atoms with Crippen molar-refractivity contribution in [3.05, 3.63) is 47.5 Å². The number of hydrogen-bond donors (Lipinski definition) is 2. The Balaban J connectivity index is 2.60. The van der Waals surface area contributed by atoms with Gasteiger partial charge in [-0.3, -0.25) is 9.59 Å². The Labute approximate surface area is 119 Å². The molecule has 0 bridgehead atoms. The third-order valence-electron chi connectivity index (χ3n) is 2.49. The molecule has 1 rings (SSSR count). The normalized spacial score (nSPS) is 10.9. The topological polar surface area (TPSA) is 58.2 Å². The van der Waals surface area contributed by atoms with Gasteiger partial charge in [0.1, 0.15) is 0 Å². The predicted octanol–water partition coefficient (Wildman–Crippen LogP) is 1.99. The molecular formula is C16H20N2O2. The minimum atomic E-state index is -0.104. The quantitative estimate of drug-likeness (QED) is 0.778. The van der Waals surface area contributed by atoms with Crippen LogP contribution in [-0.2, 0) is 9.59 Å². The molecule has 0 unspecified atom stereocenters. The van der Waals surface area contributed by atoms with Crippen molar-refractivity contribution in [2.45, 2.75) is 13.8 Å². The highest BCUT2D eigenvalue weighted by Gasteiger charge is 1.94. The molecule has 0 saturated heterocycles. The molecule has 4 heteroatoms. The number of amides is 2. The van der Waals surface area contributed by atoms with Crippen LogP contribution in [0.15, 0.2) is 36.4 Å². The summed E-state index contributed by atoms with van der Waals surface area (Å²) in [6, 6.07) is 7.58. The molecule has 1 aromatic carbocycles. The van der Waals surface area contributed by atoms with Gasteiger partial charge in [-0.25, -0.2) is 0 Å². The standard InChI is InChI=1S/C16H20N2O2/c1-3-17-15(19)11-9-13-5-7-14(8-6-13)10-12-16(20)18-4-2/h5-12H,3-4H2,1-2H3,(H,17,19)(H,18,20)/b11-9+,12-10+. The third-order valence-corrected chi connectivity index (χ3v) is 2.49. The average Bonchev–Trinajstić information content (AvgIpc) is 2.45. The molecule has 4 nitrogen and oxygen atoms in total. The highest BCUT2D eigenvalue weighted by atomic mass is 16.2. The van der Waals surface area contributed by atoms with E-state index in [2.05, 4.69) is 10.6 Å². The highest BCUT2D eigenvalue weighted by Crippen LogP contribution is 2.07. The van der Waals surface area contributed by atoms with E-state index >= 15 is 0 Å². The summed E-state index contributed by atoms with van der Waals surface area (Å²) >= 11 is 0. The summed E-state index contributed by atoms with van der Waals surface area (Å²) in [6.45, 7) is 4.99. The lowest BCUT2D eigenvalue weighted by atomic mass is 10.1. The molecule has 0 radical (unpaired) electrons. The number of rotatable bonds is 6. The van der Waals surface area contributed by atoms with Crippen molar-refractivity contribution in [3.63, 3.8) is 0 Å². The van der Waals surface area contributed by atoms with Gasteiger partial charge >= 0.3 is 0 Å². The Morgan fingerprint density at radius 3 is 1.50 bits per heavy atom. The molecule has 0 aliphatic carbocycles. The number of benzene rings is 1. The van der Waals surface area contributed by atoms with Crippen molar-refractivity contribution in [1.82, 2.24) is 10.6 Å². The van der Waals surface area contributed by atoms with Crippen LogP contribution in [0.4, 0.5) is 0 Å². The molecule has 20 heavy (non-hydrogen) atoms. The summed E-state index contributed by atoms with van der Waals surface area (Å²) in [5.41, 5.74) is 1.87. The van der Waals surface area contributed by atoms with Gasteiger partial charge in [0.15, 0.2) is 0 Å². The van der Waals surface area contributed by atoms with E-state index in [0.717, 1.165) is 11.1 Å². The summed E-state index contributed by atoms with van der Waals surface area (Å²) in [5.74, 6) is -0.208.